The lowest BCUT2D eigenvalue weighted by molar-refractivity contribution is -0.118. The van der Waals surface area contributed by atoms with Crippen molar-refractivity contribution in [1.82, 2.24) is 0 Å². The zero-order valence-corrected chi connectivity index (χ0v) is 13.4. The number of ether oxygens (including phenoxy) is 1. The maximum absolute atomic E-state index is 11.6. The van der Waals surface area contributed by atoms with Crippen molar-refractivity contribution in [3.05, 3.63) is 48.5 Å². The predicted octanol–water partition coefficient (Wildman–Crippen LogP) is 2.87. The third kappa shape index (κ3) is 3.95. The van der Waals surface area contributed by atoms with E-state index in [2.05, 4.69) is 6.58 Å². The van der Waals surface area contributed by atoms with Crippen LogP contribution in [0.5, 0.6) is 5.75 Å². The molecule has 0 heterocycles. The molecule has 0 radical (unpaired) electrons. The third-order valence-electron chi connectivity index (χ3n) is 3.16. The van der Waals surface area contributed by atoms with E-state index in [-0.39, 0.29) is 6.61 Å². The Kier molecular flexibility index (Phi) is 4.66. The van der Waals surface area contributed by atoms with Crippen LogP contribution in [0, 0.1) is 0 Å². The number of Topliss-reactive ketones (excluding diaryl/α,β-unsaturated/α-hetero) is 1. The standard InChI is InChI=1S/C17H18O4S/c1-12(2)14-8-9-17(16-7-5-4-6-15(14)16)21-10-13(18)11-22(3,19)20/h4-9H,1,10-11H2,2-3H3. The molecule has 4 nitrogen and oxygen atoms in total. The van der Waals surface area contributed by atoms with Crippen LogP contribution in [0.25, 0.3) is 16.3 Å². The van der Waals surface area contributed by atoms with Crippen LogP contribution >= 0.6 is 0 Å². The Morgan fingerprint density at radius 2 is 1.77 bits per heavy atom. The predicted molar refractivity (Wildman–Crippen MR) is 88.9 cm³/mol. The molecule has 0 aliphatic carbocycles. The quantitative estimate of drug-likeness (QED) is 0.821. The fourth-order valence-corrected chi connectivity index (χ4v) is 2.93. The van der Waals surface area contributed by atoms with E-state index in [1.54, 1.807) is 6.07 Å². The van der Waals surface area contributed by atoms with Crippen molar-refractivity contribution in [2.75, 3.05) is 18.6 Å². The van der Waals surface area contributed by atoms with Crippen molar-refractivity contribution >= 4 is 32.0 Å². The zero-order chi connectivity index (χ0) is 16.3. The van der Waals surface area contributed by atoms with E-state index in [1.165, 1.54) is 0 Å². The molecule has 0 amide bonds. The van der Waals surface area contributed by atoms with Gasteiger partial charge in [0.1, 0.15) is 18.1 Å². The molecule has 5 heteroatoms. The first kappa shape index (κ1) is 16.2. The molecule has 0 N–H and O–H groups in total. The number of hydrogen-bond acceptors (Lipinski definition) is 4. The SMILES string of the molecule is C=C(C)c1ccc(OCC(=O)CS(C)(=O)=O)c2ccccc12. The number of carbonyl (C=O) groups is 1. The molecule has 2 aromatic rings. The van der Waals surface area contributed by atoms with Crippen molar-refractivity contribution in [2.24, 2.45) is 0 Å². The molecule has 116 valence electrons. The maximum atomic E-state index is 11.6. The first-order valence-electron chi connectivity index (χ1n) is 6.78. The highest BCUT2D eigenvalue weighted by Crippen LogP contribution is 2.31. The molecule has 0 spiro atoms. The second-order valence-electron chi connectivity index (χ2n) is 5.33. The minimum Gasteiger partial charge on any atom is -0.485 e. The Balaban J connectivity index is 2.28. The second kappa shape index (κ2) is 6.32. The van der Waals surface area contributed by atoms with E-state index in [0.717, 1.165) is 28.2 Å². The summed E-state index contributed by atoms with van der Waals surface area (Å²) >= 11 is 0. The molecule has 22 heavy (non-hydrogen) atoms. The first-order valence-corrected chi connectivity index (χ1v) is 8.84. The van der Waals surface area contributed by atoms with Gasteiger partial charge in [-0.05, 0) is 23.9 Å². The highest BCUT2D eigenvalue weighted by Gasteiger charge is 2.13. The summed E-state index contributed by atoms with van der Waals surface area (Å²) in [5.41, 5.74) is 1.96. The Morgan fingerprint density at radius 1 is 1.14 bits per heavy atom. The minimum absolute atomic E-state index is 0.260. The molecule has 0 saturated carbocycles. The van der Waals surface area contributed by atoms with Gasteiger partial charge in [-0.2, -0.15) is 0 Å². The minimum atomic E-state index is -3.33. The Hall–Kier alpha value is -2.14. The first-order chi connectivity index (χ1) is 10.3. The lowest BCUT2D eigenvalue weighted by atomic mass is 9.99. The van der Waals surface area contributed by atoms with Gasteiger partial charge in [0.15, 0.2) is 15.6 Å². The molecule has 0 atom stereocenters. The summed E-state index contributed by atoms with van der Waals surface area (Å²) in [5, 5.41) is 1.86. The maximum Gasteiger partial charge on any atom is 0.185 e. The van der Waals surface area contributed by atoms with Gasteiger partial charge in [-0.25, -0.2) is 8.42 Å². The summed E-state index contributed by atoms with van der Waals surface area (Å²) in [4.78, 5) is 11.6. The number of hydrogen-bond donors (Lipinski definition) is 0. The van der Waals surface area contributed by atoms with Gasteiger partial charge in [-0.1, -0.05) is 42.5 Å². The van der Waals surface area contributed by atoms with E-state index in [0.29, 0.717) is 5.75 Å². The van der Waals surface area contributed by atoms with Crippen LogP contribution in [0.15, 0.2) is 43.0 Å². The number of allylic oxidation sites excluding steroid dienone is 1. The fraction of sp³-hybridized carbons (Fsp3) is 0.235. The van der Waals surface area contributed by atoms with Gasteiger partial charge < -0.3 is 4.74 Å². The Labute approximate surface area is 130 Å². The zero-order valence-electron chi connectivity index (χ0n) is 12.6. The van der Waals surface area contributed by atoms with Gasteiger partial charge in [0.2, 0.25) is 0 Å². The summed E-state index contributed by atoms with van der Waals surface area (Å²) in [7, 11) is -3.33. The Morgan fingerprint density at radius 3 is 2.36 bits per heavy atom. The van der Waals surface area contributed by atoms with Gasteiger partial charge in [0, 0.05) is 11.6 Å². The van der Waals surface area contributed by atoms with Crippen LogP contribution in [-0.4, -0.2) is 32.8 Å². The fourth-order valence-electron chi connectivity index (χ4n) is 2.26. The van der Waals surface area contributed by atoms with Gasteiger partial charge in [-0.3, -0.25) is 4.79 Å². The normalized spacial score (nSPS) is 11.4. The summed E-state index contributed by atoms with van der Waals surface area (Å²) < 4.78 is 27.7. The van der Waals surface area contributed by atoms with Crippen LogP contribution < -0.4 is 4.74 Å². The monoisotopic (exact) mass is 318 g/mol. The molecule has 0 aliphatic rings. The van der Waals surface area contributed by atoms with E-state index < -0.39 is 21.4 Å². The highest BCUT2D eigenvalue weighted by molar-refractivity contribution is 7.91. The number of carbonyl (C=O) groups excluding carboxylic acids is 1. The van der Waals surface area contributed by atoms with Crippen LogP contribution in [0.2, 0.25) is 0 Å². The summed E-state index contributed by atoms with van der Waals surface area (Å²) in [6.07, 6.45) is 1.03. The number of benzene rings is 2. The summed E-state index contributed by atoms with van der Waals surface area (Å²) in [5.74, 6) is -0.410. The number of rotatable bonds is 6. The summed E-state index contributed by atoms with van der Waals surface area (Å²) in [6.45, 7) is 5.63. The van der Waals surface area contributed by atoms with E-state index in [4.69, 9.17) is 4.74 Å². The summed E-state index contributed by atoms with van der Waals surface area (Å²) in [6, 6.07) is 11.3. The van der Waals surface area contributed by atoms with Crippen molar-refractivity contribution in [1.29, 1.82) is 0 Å². The Bertz CT molecular complexity index is 835. The van der Waals surface area contributed by atoms with Crippen molar-refractivity contribution in [3.8, 4) is 5.75 Å². The van der Waals surface area contributed by atoms with Gasteiger partial charge in [0.05, 0.1) is 0 Å². The van der Waals surface area contributed by atoms with Crippen LogP contribution in [0.1, 0.15) is 12.5 Å². The topological polar surface area (TPSA) is 60.4 Å². The van der Waals surface area contributed by atoms with Crippen molar-refractivity contribution < 1.29 is 17.9 Å². The highest BCUT2D eigenvalue weighted by atomic mass is 32.2. The van der Waals surface area contributed by atoms with Gasteiger partial charge in [0.25, 0.3) is 0 Å². The van der Waals surface area contributed by atoms with Gasteiger partial charge >= 0.3 is 0 Å². The average molecular weight is 318 g/mol. The van der Waals surface area contributed by atoms with Crippen molar-refractivity contribution in [3.63, 3.8) is 0 Å². The smallest absolute Gasteiger partial charge is 0.185 e. The molecule has 0 saturated heterocycles. The molecule has 0 unspecified atom stereocenters. The van der Waals surface area contributed by atoms with E-state index >= 15 is 0 Å². The largest absolute Gasteiger partial charge is 0.485 e. The van der Waals surface area contributed by atoms with Crippen LogP contribution in [-0.2, 0) is 14.6 Å². The molecule has 0 bridgehead atoms. The molecule has 2 aromatic carbocycles. The van der Waals surface area contributed by atoms with Crippen molar-refractivity contribution in [2.45, 2.75) is 6.92 Å². The number of ketones is 1. The van der Waals surface area contributed by atoms with E-state index in [9.17, 15) is 13.2 Å². The molecular formula is C17H18O4S. The van der Waals surface area contributed by atoms with E-state index in [1.807, 2.05) is 37.3 Å². The molecule has 2 rings (SSSR count). The lowest BCUT2D eigenvalue weighted by Gasteiger charge is -2.12. The number of fused-ring (bicyclic) bond motifs is 1. The molecule has 0 fully saturated rings. The third-order valence-corrected chi connectivity index (χ3v) is 4.00. The van der Waals surface area contributed by atoms with Crippen LogP contribution in [0.3, 0.4) is 0 Å². The average Bonchev–Trinajstić information content (AvgIpc) is 2.42. The molecule has 0 aliphatic heterocycles. The van der Waals surface area contributed by atoms with Crippen LogP contribution in [0.4, 0.5) is 0 Å². The lowest BCUT2D eigenvalue weighted by Crippen LogP contribution is -2.21. The molecular weight excluding hydrogens is 300 g/mol. The van der Waals surface area contributed by atoms with Gasteiger partial charge in [-0.15, -0.1) is 0 Å². The second-order valence-corrected chi connectivity index (χ2v) is 7.47. The molecule has 0 aromatic heterocycles. The number of sulfone groups is 1.